The Hall–Kier alpha value is -2.30. The summed E-state index contributed by atoms with van der Waals surface area (Å²) < 4.78 is 2.14. The molecular weight excluding hydrogens is 278 g/mol. The third kappa shape index (κ3) is 2.47. The summed E-state index contributed by atoms with van der Waals surface area (Å²) in [5.74, 6) is 0.144. The van der Waals surface area contributed by atoms with Crippen LogP contribution in [0.3, 0.4) is 0 Å². The number of aromatic nitrogens is 1. The average molecular weight is 299 g/mol. The van der Waals surface area contributed by atoms with Crippen LogP contribution in [0.4, 0.5) is 0 Å². The van der Waals surface area contributed by atoms with Crippen molar-refractivity contribution >= 4 is 23.2 Å². The maximum Gasteiger partial charge on any atom is 0.227 e. The van der Waals surface area contributed by atoms with Gasteiger partial charge in [-0.25, -0.2) is 0 Å². The molecule has 0 N–H and O–H groups in total. The van der Waals surface area contributed by atoms with Gasteiger partial charge in [0, 0.05) is 49.8 Å². The molecule has 1 aromatic carbocycles. The minimum Gasteiger partial charge on any atom is -0.348 e. The van der Waals surface area contributed by atoms with Crippen LogP contribution >= 0.6 is 0 Å². The first-order valence-corrected chi connectivity index (χ1v) is 7.62. The standard InChI is InChI=1S/C17H21N3O2/c1-13-15(14-5-3-4-6-16(14)18(13)2)11-17(22)20-9-7-19(12-21)8-10-20/h3-6,12H,7-11H2,1-2H3. The Morgan fingerprint density at radius 1 is 1.18 bits per heavy atom. The smallest absolute Gasteiger partial charge is 0.227 e. The molecule has 1 aliphatic heterocycles. The first-order chi connectivity index (χ1) is 10.6. The number of fused-ring (bicyclic) bond motifs is 1. The number of hydrogen-bond acceptors (Lipinski definition) is 2. The van der Waals surface area contributed by atoms with Crippen LogP contribution in [0.1, 0.15) is 11.3 Å². The largest absolute Gasteiger partial charge is 0.348 e. The van der Waals surface area contributed by atoms with Gasteiger partial charge in [0.25, 0.3) is 0 Å². The van der Waals surface area contributed by atoms with Crippen LogP contribution in [-0.4, -0.2) is 52.9 Å². The number of carbonyl (C=O) groups is 2. The third-order valence-corrected chi connectivity index (χ3v) is 4.67. The highest BCUT2D eigenvalue weighted by Crippen LogP contribution is 2.25. The van der Waals surface area contributed by atoms with Crippen LogP contribution < -0.4 is 0 Å². The molecule has 0 atom stereocenters. The molecule has 0 unspecified atom stereocenters. The van der Waals surface area contributed by atoms with Crippen molar-refractivity contribution in [3.63, 3.8) is 0 Å². The number of hydrogen-bond donors (Lipinski definition) is 0. The van der Waals surface area contributed by atoms with Gasteiger partial charge in [-0.1, -0.05) is 18.2 Å². The zero-order chi connectivity index (χ0) is 15.7. The van der Waals surface area contributed by atoms with Crippen molar-refractivity contribution in [1.82, 2.24) is 14.4 Å². The van der Waals surface area contributed by atoms with Crippen LogP contribution in [0, 0.1) is 6.92 Å². The normalized spacial score (nSPS) is 15.4. The lowest BCUT2D eigenvalue weighted by Gasteiger charge is -2.32. The second-order valence-electron chi connectivity index (χ2n) is 5.84. The average Bonchev–Trinajstić information content (AvgIpc) is 2.80. The zero-order valence-electron chi connectivity index (χ0n) is 13.1. The molecule has 0 aliphatic carbocycles. The van der Waals surface area contributed by atoms with Gasteiger partial charge in [0.2, 0.25) is 12.3 Å². The van der Waals surface area contributed by atoms with Crippen LogP contribution in [0.15, 0.2) is 24.3 Å². The summed E-state index contributed by atoms with van der Waals surface area (Å²) in [5.41, 5.74) is 3.41. The molecule has 0 bridgehead atoms. The van der Waals surface area contributed by atoms with E-state index in [1.807, 2.05) is 24.1 Å². The number of piperazine rings is 1. The molecular formula is C17H21N3O2. The predicted octanol–water partition coefficient (Wildman–Crippen LogP) is 1.33. The van der Waals surface area contributed by atoms with Gasteiger partial charge < -0.3 is 14.4 Å². The number of aryl methyl sites for hydroxylation is 1. The minimum absolute atomic E-state index is 0.144. The molecule has 1 saturated heterocycles. The van der Waals surface area contributed by atoms with Gasteiger partial charge in [0.15, 0.2) is 0 Å². The van der Waals surface area contributed by atoms with Gasteiger partial charge in [-0.3, -0.25) is 9.59 Å². The fraction of sp³-hybridized carbons (Fsp3) is 0.412. The Balaban J connectivity index is 1.80. The zero-order valence-corrected chi connectivity index (χ0v) is 13.1. The third-order valence-electron chi connectivity index (χ3n) is 4.67. The lowest BCUT2D eigenvalue weighted by Crippen LogP contribution is -2.48. The van der Waals surface area contributed by atoms with Gasteiger partial charge in [-0.05, 0) is 18.6 Å². The van der Waals surface area contributed by atoms with E-state index in [1.54, 1.807) is 4.90 Å². The van der Waals surface area contributed by atoms with E-state index in [0.717, 1.165) is 28.6 Å². The van der Waals surface area contributed by atoms with Gasteiger partial charge in [-0.15, -0.1) is 0 Å². The van der Waals surface area contributed by atoms with E-state index in [9.17, 15) is 9.59 Å². The van der Waals surface area contributed by atoms with E-state index in [1.165, 1.54) is 0 Å². The summed E-state index contributed by atoms with van der Waals surface area (Å²) in [7, 11) is 2.04. The van der Waals surface area contributed by atoms with Crippen LogP contribution in [-0.2, 0) is 23.1 Å². The Bertz CT molecular complexity index is 712. The Labute approximate surface area is 130 Å². The molecule has 2 heterocycles. The molecule has 0 spiro atoms. The summed E-state index contributed by atoms with van der Waals surface area (Å²) in [5, 5.41) is 1.15. The SMILES string of the molecule is Cc1c(CC(=O)N2CCN(C=O)CC2)c2ccccc2n1C. The number of amides is 2. The maximum absolute atomic E-state index is 12.6. The molecule has 5 nitrogen and oxygen atoms in total. The van der Waals surface area contributed by atoms with E-state index in [-0.39, 0.29) is 5.91 Å². The highest BCUT2D eigenvalue weighted by molar-refractivity contribution is 5.90. The highest BCUT2D eigenvalue weighted by Gasteiger charge is 2.22. The van der Waals surface area contributed by atoms with Crippen molar-refractivity contribution in [2.24, 2.45) is 7.05 Å². The molecule has 2 amide bonds. The summed E-state index contributed by atoms with van der Waals surface area (Å²) in [6, 6.07) is 8.19. The molecule has 0 radical (unpaired) electrons. The Kier molecular flexibility index (Phi) is 3.88. The minimum atomic E-state index is 0.144. The highest BCUT2D eigenvalue weighted by atomic mass is 16.2. The lowest BCUT2D eigenvalue weighted by atomic mass is 10.1. The number of benzene rings is 1. The first-order valence-electron chi connectivity index (χ1n) is 7.62. The topological polar surface area (TPSA) is 45.6 Å². The number of rotatable bonds is 3. The van der Waals surface area contributed by atoms with Crippen molar-refractivity contribution in [2.45, 2.75) is 13.3 Å². The van der Waals surface area contributed by atoms with Crippen molar-refractivity contribution in [2.75, 3.05) is 26.2 Å². The summed E-state index contributed by atoms with van der Waals surface area (Å²) in [6.45, 7) is 4.57. The number of carbonyl (C=O) groups excluding carboxylic acids is 2. The van der Waals surface area contributed by atoms with Crippen molar-refractivity contribution in [3.05, 3.63) is 35.5 Å². The van der Waals surface area contributed by atoms with Gasteiger partial charge in [-0.2, -0.15) is 0 Å². The van der Waals surface area contributed by atoms with Gasteiger partial charge >= 0.3 is 0 Å². The summed E-state index contributed by atoms with van der Waals surface area (Å²) in [4.78, 5) is 26.9. The fourth-order valence-electron chi connectivity index (χ4n) is 3.16. The van der Waals surface area contributed by atoms with Crippen LogP contribution in [0.25, 0.3) is 10.9 Å². The van der Waals surface area contributed by atoms with E-state index < -0.39 is 0 Å². The fourth-order valence-corrected chi connectivity index (χ4v) is 3.16. The van der Waals surface area contributed by atoms with Crippen LogP contribution in [0.2, 0.25) is 0 Å². The van der Waals surface area contributed by atoms with Gasteiger partial charge in [0.1, 0.15) is 0 Å². The quantitative estimate of drug-likeness (QED) is 0.803. The van der Waals surface area contributed by atoms with Crippen LogP contribution in [0.5, 0.6) is 0 Å². The molecule has 1 aliphatic rings. The second kappa shape index (κ2) is 5.83. The maximum atomic E-state index is 12.6. The molecule has 0 saturated carbocycles. The van der Waals surface area contributed by atoms with Crippen molar-refractivity contribution in [1.29, 1.82) is 0 Å². The van der Waals surface area contributed by atoms with Crippen molar-refractivity contribution in [3.8, 4) is 0 Å². The molecule has 1 fully saturated rings. The summed E-state index contributed by atoms with van der Waals surface area (Å²) in [6.07, 6.45) is 1.28. The Morgan fingerprint density at radius 2 is 1.86 bits per heavy atom. The lowest BCUT2D eigenvalue weighted by molar-refractivity contribution is -0.134. The number of para-hydroxylation sites is 1. The molecule has 1 aromatic heterocycles. The molecule has 22 heavy (non-hydrogen) atoms. The van der Waals surface area contributed by atoms with E-state index in [4.69, 9.17) is 0 Å². The van der Waals surface area contributed by atoms with E-state index >= 15 is 0 Å². The molecule has 2 aromatic rings. The van der Waals surface area contributed by atoms with E-state index in [2.05, 4.69) is 23.6 Å². The molecule has 3 rings (SSSR count). The first kappa shape index (κ1) is 14.6. The molecule has 5 heteroatoms. The van der Waals surface area contributed by atoms with Crippen molar-refractivity contribution < 1.29 is 9.59 Å². The summed E-state index contributed by atoms with van der Waals surface area (Å²) >= 11 is 0. The molecule has 116 valence electrons. The van der Waals surface area contributed by atoms with Gasteiger partial charge in [0.05, 0.1) is 6.42 Å². The van der Waals surface area contributed by atoms with E-state index in [0.29, 0.717) is 32.6 Å². The second-order valence-corrected chi connectivity index (χ2v) is 5.84. The monoisotopic (exact) mass is 299 g/mol. The predicted molar refractivity (Wildman–Crippen MR) is 85.6 cm³/mol. The number of nitrogens with zero attached hydrogens (tertiary/aromatic N) is 3. The Morgan fingerprint density at radius 3 is 2.55 bits per heavy atom.